The Morgan fingerprint density at radius 3 is 2.86 bits per heavy atom. The maximum absolute atomic E-state index is 8.91. The minimum Gasteiger partial charge on any atom is -0.427 e. The first-order valence-electron chi connectivity index (χ1n) is 8.59. The van der Waals surface area contributed by atoms with Crippen LogP contribution in [0.15, 0.2) is 24.3 Å². The first kappa shape index (κ1) is 16.0. The highest BCUT2D eigenvalue weighted by atomic mass is 16.4. The predicted octanol–water partition coefficient (Wildman–Crippen LogP) is 1.28. The van der Waals surface area contributed by atoms with Crippen molar-refractivity contribution in [2.75, 3.05) is 19.6 Å². The Hall–Kier alpha value is -0.875. The van der Waals surface area contributed by atoms with Gasteiger partial charge < -0.3 is 20.3 Å². The Labute approximate surface area is 133 Å². The summed E-state index contributed by atoms with van der Waals surface area (Å²) in [6.07, 6.45) is 4.94. The molecule has 5 heteroatoms. The van der Waals surface area contributed by atoms with Gasteiger partial charge in [0.25, 0.3) is 0 Å². The summed E-state index contributed by atoms with van der Waals surface area (Å²) >= 11 is 0. The summed E-state index contributed by atoms with van der Waals surface area (Å²) in [6.45, 7) is 4.48. The fourth-order valence-corrected chi connectivity index (χ4v) is 3.87. The number of likely N-dealkylation sites (tertiary alicyclic amines) is 1. The van der Waals surface area contributed by atoms with Crippen LogP contribution in [0.4, 0.5) is 0 Å². The van der Waals surface area contributed by atoms with E-state index in [1.807, 2.05) is 0 Å². The molecule has 3 N–H and O–H groups in total. The fourth-order valence-electron chi connectivity index (χ4n) is 3.87. The highest BCUT2D eigenvalue weighted by Gasteiger charge is 2.26. The zero-order valence-electron chi connectivity index (χ0n) is 13.2. The van der Waals surface area contributed by atoms with Gasteiger partial charge in [-0.25, -0.2) is 0 Å². The van der Waals surface area contributed by atoms with Gasteiger partial charge in [0.2, 0.25) is 0 Å². The molecule has 0 bridgehead atoms. The molecule has 0 aromatic heterocycles. The van der Waals surface area contributed by atoms with E-state index in [1.165, 1.54) is 30.6 Å². The Morgan fingerprint density at radius 2 is 2.05 bits per heavy atom. The first-order chi connectivity index (χ1) is 10.7. The average Bonchev–Trinajstić information content (AvgIpc) is 2.94. The molecule has 1 saturated heterocycles. The quantitative estimate of drug-likeness (QED) is 0.693. The van der Waals surface area contributed by atoms with Crippen LogP contribution >= 0.6 is 0 Å². The van der Waals surface area contributed by atoms with Gasteiger partial charge in [0.05, 0.1) is 0 Å². The van der Waals surface area contributed by atoms with E-state index >= 15 is 0 Å². The van der Waals surface area contributed by atoms with Crippen LogP contribution in [0.5, 0.6) is 0 Å². The lowest BCUT2D eigenvalue weighted by Crippen LogP contribution is -2.44. The second-order valence-corrected chi connectivity index (χ2v) is 6.88. The Balaban J connectivity index is 1.41. The number of hydrogen-bond donors (Lipinski definition) is 3. The summed E-state index contributed by atoms with van der Waals surface area (Å²) in [4.78, 5) is 2.58. The Kier molecular flexibility index (Phi) is 5.53. The van der Waals surface area contributed by atoms with Gasteiger partial charge in [-0.1, -0.05) is 30.7 Å². The number of nitrogens with zero attached hydrogens (tertiary/aromatic N) is 1. The molecule has 2 unspecified atom stereocenters. The molecule has 22 heavy (non-hydrogen) atoms. The van der Waals surface area contributed by atoms with E-state index in [-0.39, 0.29) is 0 Å². The van der Waals surface area contributed by atoms with Crippen molar-refractivity contribution in [2.24, 2.45) is 5.92 Å². The highest BCUT2D eigenvalue weighted by molar-refractivity contribution is 6.40. The number of nitrogens with one attached hydrogen (secondary N) is 1. The lowest BCUT2D eigenvalue weighted by molar-refractivity contribution is 0.271. The lowest BCUT2D eigenvalue weighted by atomic mass is 9.82. The molecular formula is C17H27BN2O2. The third-order valence-corrected chi connectivity index (χ3v) is 5.09. The van der Waals surface area contributed by atoms with Crippen molar-refractivity contribution in [3.63, 3.8) is 0 Å². The zero-order chi connectivity index (χ0) is 15.4. The van der Waals surface area contributed by atoms with Gasteiger partial charge >= 0.3 is 7.12 Å². The Bertz CT molecular complexity index is 483. The van der Waals surface area contributed by atoms with Crippen molar-refractivity contribution in [1.82, 2.24) is 10.2 Å². The SMILES string of the molecule is OB(O)CCCC1CCN(CC2Cc3ccccc3CN2)C1. The smallest absolute Gasteiger partial charge is 0.427 e. The highest BCUT2D eigenvalue weighted by Crippen LogP contribution is 2.23. The minimum atomic E-state index is -1.14. The van der Waals surface area contributed by atoms with Crippen molar-refractivity contribution in [3.8, 4) is 0 Å². The van der Waals surface area contributed by atoms with Gasteiger partial charge in [-0.3, -0.25) is 0 Å². The van der Waals surface area contributed by atoms with Gasteiger partial charge in [-0.2, -0.15) is 0 Å². The van der Waals surface area contributed by atoms with Gasteiger partial charge in [-0.15, -0.1) is 0 Å². The van der Waals surface area contributed by atoms with Crippen LogP contribution in [0.1, 0.15) is 30.4 Å². The second kappa shape index (κ2) is 7.60. The largest absolute Gasteiger partial charge is 0.451 e. The van der Waals surface area contributed by atoms with Crippen molar-refractivity contribution in [1.29, 1.82) is 0 Å². The predicted molar refractivity (Wildman–Crippen MR) is 89.6 cm³/mol. The van der Waals surface area contributed by atoms with Crippen molar-refractivity contribution < 1.29 is 10.0 Å². The maximum atomic E-state index is 8.91. The van der Waals surface area contributed by atoms with Gasteiger partial charge in [-0.05, 0) is 49.2 Å². The van der Waals surface area contributed by atoms with Crippen LogP contribution in [-0.2, 0) is 13.0 Å². The zero-order valence-corrected chi connectivity index (χ0v) is 13.2. The maximum Gasteiger partial charge on any atom is 0.451 e. The molecule has 2 aliphatic rings. The molecule has 2 atom stereocenters. The lowest BCUT2D eigenvalue weighted by Gasteiger charge is -2.29. The van der Waals surface area contributed by atoms with E-state index in [0.717, 1.165) is 38.3 Å². The van der Waals surface area contributed by atoms with Crippen LogP contribution in [0, 0.1) is 5.92 Å². The number of fused-ring (bicyclic) bond motifs is 1. The second-order valence-electron chi connectivity index (χ2n) is 6.88. The van der Waals surface area contributed by atoms with E-state index in [2.05, 4.69) is 34.5 Å². The molecule has 120 valence electrons. The summed E-state index contributed by atoms with van der Waals surface area (Å²) < 4.78 is 0. The molecule has 0 aliphatic carbocycles. The minimum absolute atomic E-state index is 0.511. The van der Waals surface area contributed by atoms with E-state index in [1.54, 1.807) is 0 Å². The molecule has 1 aromatic rings. The third kappa shape index (κ3) is 4.32. The molecule has 0 amide bonds. The molecular weight excluding hydrogens is 275 g/mol. The normalized spacial score (nSPS) is 25.2. The van der Waals surface area contributed by atoms with Crippen LogP contribution in [0.2, 0.25) is 6.32 Å². The van der Waals surface area contributed by atoms with Crippen molar-refractivity contribution in [3.05, 3.63) is 35.4 Å². The van der Waals surface area contributed by atoms with Gasteiger partial charge in [0, 0.05) is 25.7 Å². The summed E-state index contributed by atoms with van der Waals surface area (Å²) in [5, 5.41) is 21.5. The standard InChI is InChI=1S/C17H27BN2O2/c21-18(22)8-3-4-14-7-9-20(12-14)13-17-10-15-5-1-2-6-16(15)11-19-17/h1-2,5-6,14,17,19,21-22H,3-4,7-13H2. The fraction of sp³-hybridized carbons (Fsp3) is 0.647. The van der Waals surface area contributed by atoms with E-state index < -0.39 is 7.12 Å². The van der Waals surface area contributed by atoms with E-state index in [4.69, 9.17) is 10.0 Å². The summed E-state index contributed by atoms with van der Waals surface area (Å²) in [5.41, 5.74) is 2.94. The summed E-state index contributed by atoms with van der Waals surface area (Å²) in [6, 6.07) is 9.31. The van der Waals surface area contributed by atoms with E-state index in [9.17, 15) is 0 Å². The summed E-state index contributed by atoms with van der Waals surface area (Å²) in [5.74, 6) is 0.731. The number of benzene rings is 1. The van der Waals surface area contributed by atoms with Gasteiger partial charge in [0.15, 0.2) is 0 Å². The van der Waals surface area contributed by atoms with Crippen LogP contribution in [0.3, 0.4) is 0 Å². The van der Waals surface area contributed by atoms with Crippen LogP contribution < -0.4 is 5.32 Å². The number of rotatable bonds is 6. The Morgan fingerprint density at radius 1 is 1.23 bits per heavy atom. The molecule has 0 spiro atoms. The van der Waals surface area contributed by atoms with Crippen LogP contribution in [0.25, 0.3) is 0 Å². The third-order valence-electron chi connectivity index (χ3n) is 5.09. The topological polar surface area (TPSA) is 55.7 Å². The van der Waals surface area contributed by atoms with E-state index in [0.29, 0.717) is 12.4 Å². The average molecular weight is 302 g/mol. The molecule has 2 aliphatic heterocycles. The van der Waals surface area contributed by atoms with Crippen molar-refractivity contribution in [2.45, 2.75) is 44.6 Å². The van der Waals surface area contributed by atoms with Crippen molar-refractivity contribution >= 4 is 7.12 Å². The van der Waals surface area contributed by atoms with Gasteiger partial charge in [0.1, 0.15) is 0 Å². The molecule has 2 heterocycles. The molecule has 3 rings (SSSR count). The molecule has 1 aromatic carbocycles. The summed E-state index contributed by atoms with van der Waals surface area (Å²) in [7, 11) is -1.14. The molecule has 0 saturated carbocycles. The monoisotopic (exact) mass is 302 g/mol. The molecule has 0 radical (unpaired) electrons. The van der Waals surface area contributed by atoms with Crippen LogP contribution in [-0.4, -0.2) is 47.7 Å². The first-order valence-corrected chi connectivity index (χ1v) is 8.59. The molecule has 1 fully saturated rings. The molecule has 4 nitrogen and oxygen atoms in total. The number of hydrogen-bond acceptors (Lipinski definition) is 4.